The smallest absolute Gasteiger partial charge is 0.243 e. The lowest BCUT2D eigenvalue weighted by atomic mass is 10.1. The first-order valence-electron chi connectivity index (χ1n) is 6.49. The van der Waals surface area contributed by atoms with Crippen molar-refractivity contribution in [1.82, 2.24) is 29.6 Å². The van der Waals surface area contributed by atoms with E-state index in [1.807, 2.05) is 35.3 Å². The maximum Gasteiger partial charge on any atom is 0.243 e. The molecule has 3 aromatic rings. The predicted octanol–water partition coefficient (Wildman–Crippen LogP) is 1.69. The molecule has 0 unspecified atom stereocenters. The lowest BCUT2D eigenvalue weighted by molar-refractivity contribution is 0.347. The molecular weight excluding hydrogens is 254 g/mol. The van der Waals surface area contributed by atoms with Gasteiger partial charge in [-0.15, -0.1) is 10.2 Å². The molecule has 0 radical (unpaired) electrons. The molecule has 0 aliphatic heterocycles. The van der Waals surface area contributed by atoms with Crippen molar-refractivity contribution in [1.29, 1.82) is 0 Å². The first-order chi connectivity index (χ1) is 9.52. The van der Waals surface area contributed by atoms with Crippen LogP contribution in [-0.2, 0) is 12.1 Å². The Balaban J connectivity index is 1.71. The monoisotopic (exact) mass is 271 g/mol. The maximum absolute atomic E-state index is 4.37. The lowest BCUT2D eigenvalue weighted by Crippen LogP contribution is -2.22. The van der Waals surface area contributed by atoms with Crippen molar-refractivity contribution < 1.29 is 0 Å². The van der Waals surface area contributed by atoms with Gasteiger partial charge in [0.25, 0.3) is 0 Å². The average Bonchev–Trinajstić information content (AvgIpc) is 3.02. The second-order valence-electron chi connectivity index (χ2n) is 5.62. The van der Waals surface area contributed by atoms with Gasteiger partial charge < -0.3 is 5.32 Å². The number of hydrogen-bond donors (Lipinski definition) is 1. The number of anilines is 1. The van der Waals surface area contributed by atoms with Crippen molar-refractivity contribution >= 4 is 11.6 Å². The van der Waals surface area contributed by atoms with E-state index >= 15 is 0 Å². The summed E-state index contributed by atoms with van der Waals surface area (Å²) >= 11 is 0. The van der Waals surface area contributed by atoms with Crippen molar-refractivity contribution in [2.24, 2.45) is 0 Å². The van der Waals surface area contributed by atoms with Gasteiger partial charge in [0, 0.05) is 6.20 Å². The Labute approximate surface area is 116 Å². The van der Waals surface area contributed by atoms with Crippen LogP contribution in [0.4, 0.5) is 5.95 Å². The summed E-state index contributed by atoms with van der Waals surface area (Å²) in [6.07, 6.45) is 3.80. The normalized spacial score (nSPS) is 11.9. The fourth-order valence-corrected chi connectivity index (χ4v) is 1.78. The van der Waals surface area contributed by atoms with Gasteiger partial charge in [-0.1, -0.05) is 11.3 Å². The molecule has 0 aliphatic rings. The number of rotatable bonds is 3. The van der Waals surface area contributed by atoms with Gasteiger partial charge in [0.05, 0.1) is 18.3 Å². The van der Waals surface area contributed by atoms with Crippen molar-refractivity contribution in [2.75, 3.05) is 5.32 Å². The quantitative estimate of drug-likeness (QED) is 0.784. The summed E-state index contributed by atoms with van der Waals surface area (Å²) in [6, 6.07) is 5.76. The van der Waals surface area contributed by atoms with E-state index in [0.717, 1.165) is 11.3 Å². The number of aromatic nitrogens is 6. The third-order valence-electron chi connectivity index (χ3n) is 2.90. The summed E-state index contributed by atoms with van der Waals surface area (Å²) in [6.45, 7) is 6.81. The molecule has 0 saturated heterocycles. The fraction of sp³-hybridized carbons (Fsp3) is 0.385. The van der Waals surface area contributed by atoms with Gasteiger partial charge in [-0.25, -0.2) is 9.20 Å². The van der Waals surface area contributed by atoms with Gasteiger partial charge in [-0.05, 0) is 32.9 Å². The van der Waals surface area contributed by atoms with E-state index in [-0.39, 0.29) is 5.54 Å². The molecule has 7 nitrogen and oxygen atoms in total. The molecule has 104 valence electrons. The molecule has 0 aromatic carbocycles. The van der Waals surface area contributed by atoms with Crippen LogP contribution < -0.4 is 5.32 Å². The maximum atomic E-state index is 4.37. The van der Waals surface area contributed by atoms with Crippen LogP contribution >= 0.6 is 0 Å². The van der Waals surface area contributed by atoms with Crippen molar-refractivity contribution in [2.45, 2.75) is 32.9 Å². The van der Waals surface area contributed by atoms with Crippen LogP contribution in [0, 0.1) is 0 Å². The molecular formula is C13H17N7. The molecule has 3 aromatic heterocycles. The molecule has 3 rings (SSSR count). The first-order valence-corrected chi connectivity index (χ1v) is 6.49. The van der Waals surface area contributed by atoms with Crippen LogP contribution in [0.25, 0.3) is 5.65 Å². The second kappa shape index (κ2) is 4.59. The van der Waals surface area contributed by atoms with E-state index in [1.54, 1.807) is 4.52 Å². The van der Waals surface area contributed by atoms with E-state index in [0.29, 0.717) is 12.5 Å². The molecule has 0 atom stereocenters. The van der Waals surface area contributed by atoms with Crippen LogP contribution in [0.5, 0.6) is 0 Å². The SMILES string of the molecule is CC(C)(C)n1cc(CNc2nc3ccccn3n2)nn1. The molecule has 1 N–H and O–H groups in total. The molecule has 0 amide bonds. The molecule has 0 bridgehead atoms. The van der Waals surface area contributed by atoms with E-state index in [1.165, 1.54) is 0 Å². The highest BCUT2D eigenvalue weighted by atomic mass is 15.4. The van der Waals surface area contributed by atoms with Gasteiger partial charge in [0.1, 0.15) is 5.69 Å². The summed E-state index contributed by atoms with van der Waals surface area (Å²) in [4.78, 5) is 4.37. The first kappa shape index (κ1) is 12.6. The highest BCUT2D eigenvalue weighted by molar-refractivity contribution is 5.42. The largest absolute Gasteiger partial charge is 0.347 e. The molecule has 0 saturated carbocycles. The molecule has 0 spiro atoms. The number of nitrogens with zero attached hydrogens (tertiary/aromatic N) is 6. The minimum atomic E-state index is -0.0629. The highest BCUT2D eigenvalue weighted by Crippen LogP contribution is 2.12. The van der Waals surface area contributed by atoms with Crippen LogP contribution in [-0.4, -0.2) is 29.6 Å². The standard InChI is InChI=1S/C13H17N7/c1-13(2,3)20-9-10(16-18-20)8-14-12-15-11-6-4-5-7-19(11)17-12/h4-7,9H,8H2,1-3H3,(H,14,17). The Bertz CT molecular complexity index is 686. The van der Waals surface area contributed by atoms with Crippen LogP contribution in [0.15, 0.2) is 30.6 Å². The summed E-state index contributed by atoms with van der Waals surface area (Å²) in [7, 11) is 0. The van der Waals surface area contributed by atoms with Crippen LogP contribution in [0.3, 0.4) is 0 Å². The van der Waals surface area contributed by atoms with Gasteiger partial charge in [0.2, 0.25) is 5.95 Å². The minimum Gasteiger partial charge on any atom is -0.347 e. The minimum absolute atomic E-state index is 0.0629. The van der Waals surface area contributed by atoms with Crippen LogP contribution in [0.2, 0.25) is 0 Å². The van der Waals surface area contributed by atoms with Gasteiger partial charge in [-0.3, -0.25) is 0 Å². The van der Waals surface area contributed by atoms with Crippen molar-refractivity contribution in [3.8, 4) is 0 Å². The Hall–Kier alpha value is -2.44. The summed E-state index contributed by atoms with van der Waals surface area (Å²) in [5.74, 6) is 0.585. The Morgan fingerprint density at radius 3 is 2.80 bits per heavy atom. The van der Waals surface area contributed by atoms with E-state index < -0.39 is 0 Å². The lowest BCUT2D eigenvalue weighted by Gasteiger charge is -2.17. The van der Waals surface area contributed by atoms with E-state index in [2.05, 4.69) is 46.5 Å². The summed E-state index contributed by atoms with van der Waals surface area (Å²) < 4.78 is 3.58. The molecule has 3 heterocycles. The van der Waals surface area contributed by atoms with Crippen molar-refractivity contribution in [3.05, 3.63) is 36.3 Å². The average molecular weight is 271 g/mol. The number of fused-ring (bicyclic) bond motifs is 1. The zero-order chi connectivity index (χ0) is 14.2. The number of hydrogen-bond acceptors (Lipinski definition) is 5. The molecule has 20 heavy (non-hydrogen) atoms. The predicted molar refractivity (Wildman–Crippen MR) is 75.3 cm³/mol. The Morgan fingerprint density at radius 1 is 1.25 bits per heavy atom. The zero-order valence-electron chi connectivity index (χ0n) is 11.8. The summed E-state index contributed by atoms with van der Waals surface area (Å²) in [5.41, 5.74) is 1.61. The number of pyridine rings is 1. The molecule has 0 fully saturated rings. The Morgan fingerprint density at radius 2 is 2.10 bits per heavy atom. The fourth-order valence-electron chi connectivity index (χ4n) is 1.78. The van der Waals surface area contributed by atoms with Gasteiger partial charge >= 0.3 is 0 Å². The zero-order valence-corrected chi connectivity index (χ0v) is 11.8. The van der Waals surface area contributed by atoms with Gasteiger partial charge in [0.15, 0.2) is 5.65 Å². The highest BCUT2D eigenvalue weighted by Gasteiger charge is 2.15. The topological polar surface area (TPSA) is 72.9 Å². The van der Waals surface area contributed by atoms with Crippen LogP contribution in [0.1, 0.15) is 26.5 Å². The number of nitrogens with one attached hydrogen (secondary N) is 1. The Kier molecular flexibility index (Phi) is 2.89. The van der Waals surface area contributed by atoms with E-state index in [9.17, 15) is 0 Å². The molecule has 7 heteroatoms. The second-order valence-corrected chi connectivity index (χ2v) is 5.62. The van der Waals surface area contributed by atoms with Crippen molar-refractivity contribution in [3.63, 3.8) is 0 Å². The van der Waals surface area contributed by atoms with E-state index in [4.69, 9.17) is 0 Å². The van der Waals surface area contributed by atoms with Gasteiger partial charge in [-0.2, -0.15) is 4.98 Å². The third kappa shape index (κ3) is 2.47. The molecule has 0 aliphatic carbocycles. The third-order valence-corrected chi connectivity index (χ3v) is 2.90. The summed E-state index contributed by atoms with van der Waals surface area (Å²) in [5, 5.41) is 15.7.